The Balaban J connectivity index is 1.31. The van der Waals surface area contributed by atoms with Crippen molar-refractivity contribution in [3.8, 4) is 5.75 Å². The Labute approximate surface area is 173 Å². The predicted molar refractivity (Wildman–Crippen MR) is 120 cm³/mol. The van der Waals surface area contributed by atoms with E-state index in [0.29, 0.717) is 12.7 Å². The van der Waals surface area contributed by atoms with Gasteiger partial charge >= 0.3 is 0 Å². The van der Waals surface area contributed by atoms with Crippen LogP contribution in [0, 0.1) is 0 Å². The SMILES string of the molecule is C=CCCCCCCCCCCCCCCCc1ccc(OCC2CO2)cc1. The van der Waals surface area contributed by atoms with E-state index in [1.165, 1.54) is 102 Å². The first kappa shape index (κ1) is 23.0. The van der Waals surface area contributed by atoms with Crippen molar-refractivity contribution in [2.45, 2.75) is 102 Å². The first-order chi connectivity index (χ1) is 13.9. The van der Waals surface area contributed by atoms with Crippen molar-refractivity contribution in [2.75, 3.05) is 13.2 Å². The number of aryl methyl sites for hydroxylation is 1. The van der Waals surface area contributed by atoms with Crippen LogP contribution in [0.5, 0.6) is 5.75 Å². The predicted octanol–water partition coefficient (Wildman–Crippen LogP) is 7.65. The van der Waals surface area contributed by atoms with E-state index in [-0.39, 0.29) is 0 Å². The molecule has 0 aliphatic carbocycles. The summed E-state index contributed by atoms with van der Waals surface area (Å²) in [6.07, 6.45) is 23.0. The topological polar surface area (TPSA) is 21.8 Å². The number of hydrogen-bond donors (Lipinski definition) is 0. The second kappa shape index (κ2) is 15.6. The first-order valence-corrected chi connectivity index (χ1v) is 11.8. The summed E-state index contributed by atoms with van der Waals surface area (Å²) in [6.45, 7) is 5.33. The maximum Gasteiger partial charge on any atom is 0.119 e. The lowest BCUT2D eigenvalue weighted by Crippen LogP contribution is -2.03. The molecule has 1 saturated heterocycles. The van der Waals surface area contributed by atoms with Gasteiger partial charge in [0.2, 0.25) is 0 Å². The van der Waals surface area contributed by atoms with Gasteiger partial charge in [-0.05, 0) is 43.4 Å². The zero-order valence-corrected chi connectivity index (χ0v) is 18.0. The maximum atomic E-state index is 5.69. The van der Waals surface area contributed by atoms with Crippen LogP contribution in [0.1, 0.15) is 95.5 Å². The van der Waals surface area contributed by atoms with Crippen molar-refractivity contribution in [2.24, 2.45) is 0 Å². The summed E-state index contributed by atoms with van der Waals surface area (Å²) in [4.78, 5) is 0. The second-order valence-corrected chi connectivity index (χ2v) is 8.33. The highest BCUT2D eigenvalue weighted by Crippen LogP contribution is 2.18. The van der Waals surface area contributed by atoms with E-state index in [4.69, 9.17) is 9.47 Å². The molecule has 0 saturated carbocycles. The molecule has 0 amide bonds. The van der Waals surface area contributed by atoms with Crippen LogP contribution < -0.4 is 4.74 Å². The van der Waals surface area contributed by atoms with E-state index in [2.05, 4.69) is 30.8 Å². The lowest BCUT2D eigenvalue weighted by molar-refractivity contribution is 0.263. The number of hydrogen-bond acceptors (Lipinski definition) is 2. The van der Waals surface area contributed by atoms with Gasteiger partial charge in [0, 0.05) is 0 Å². The minimum absolute atomic E-state index is 0.331. The summed E-state index contributed by atoms with van der Waals surface area (Å²) >= 11 is 0. The smallest absolute Gasteiger partial charge is 0.119 e. The zero-order chi connectivity index (χ0) is 19.7. The summed E-state index contributed by atoms with van der Waals surface area (Å²) in [6, 6.07) is 8.61. The molecule has 2 nitrogen and oxygen atoms in total. The molecule has 1 unspecified atom stereocenters. The molecule has 1 aromatic carbocycles. The van der Waals surface area contributed by atoms with Gasteiger partial charge in [-0.2, -0.15) is 0 Å². The Bertz CT molecular complexity index is 490. The normalized spacial score (nSPS) is 15.5. The van der Waals surface area contributed by atoms with Crippen molar-refractivity contribution < 1.29 is 9.47 Å². The van der Waals surface area contributed by atoms with Gasteiger partial charge in [0.1, 0.15) is 18.5 Å². The van der Waals surface area contributed by atoms with Gasteiger partial charge < -0.3 is 9.47 Å². The van der Waals surface area contributed by atoms with Crippen LogP contribution >= 0.6 is 0 Å². The van der Waals surface area contributed by atoms with Crippen LogP contribution in [0.3, 0.4) is 0 Å². The standard InChI is InChI=1S/C26H42O2/c1-2-3-4-5-6-7-8-9-10-11-12-13-14-15-16-17-24-18-20-25(21-19-24)27-22-26-23-28-26/h2,18-21,26H,1,3-17,22-23H2. The molecule has 1 atom stereocenters. The molecule has 1 fully saturated rings. The third kappa shape index (κ3) is 12.2. The van der Waals surface area contributed by atoms with E-state index in [9.17, 15) is 0 Å². The van der Waals surface area contributed by atoms with E-state index >= 15 is 0 Å². The molecular formula is C26H42O2. The fraction of sp³-hybridized carbons (Fsp3) is 0.692. The van der Waals surface area contributed by atoms with Gasteiger partial charge in [0.25, 0.3) is 0 Å². The van der Waals surface area contributed by atoms with E-state index in [1.807, 2.05) is 6.08 Å². The highest BCUT2D eigenvalue weighted by molar-refractivity contribution is 5.27. The molecule has 2 heteroatoms. The zero-order valence-electron chi connectivity index (χ0n) is 18.0. The maximum absolute atomic E-state index is 5.69. The number of epoxide rings is 1. The van der Waals surface area contributed by atoms with Gasteiger partial charge in [0.15, 0.2) is 0 Å². The van der Waals surface area contributed by atoms with Crippen LogP contribution in [0.2, 0.25) is 0 Å². The van der Waals surface area contributed by atoms with Crippen LogP contribution in [0.15, 0.2) is 36.9 Å². The Morgan fingerprint density at radius 3 is 1.79 bits per heavy atom. The summed E-state index contributed by atoms with van der Waals surface area (Å²) in [5, 5.41) is 0. The first-order valence-electron chi connectivity index (χ1n) is 11.8. The molecule has 1 aliphatic rings. The summed E-state index contributed by atoms with van der Waals surface area (Å²) < 4.78 is 10.9. The van der Waals surface area contributed by atoms with Crippen LogP contribution in [0.4, 0.5) is 0 Å². The Morgan fingerprint density at radius 1 is 0.786 bits per heavy atom. The number of allylic oxidation sites excluding steroid dienone is 1. The molecule has 1 heterocycles. The molecule has 158 valence electrons. The van der Waals surface area contributed by atoms with Gasteiger partial charge in [-0.25, -0.2) is 0 Å². The average molecular weight is 387 g/mol. The molecule has 0 spiro atoms. The largest absolute Gasteiger partial charge is 0.491 e. The monoisotopic (exact) mass is 386 g/mol. The Morgan fingerprint density at radius 2 is 1.29 bits per heavy atom. The number of unbranched alkanes of at least 4 members (excludes halogenated alkanes) is 13. The third-order valence-electron chi connectivity index (χ3n) is 5.64. The molecule has 0 aromatic heterocycles. The van der Waals surface area contributed by atoms with Gasteiger partial charge in [-0.3, -0.25) is 0 Å². The van der Waals surface area contributed by atoms with Crippen molar-refractivity contribution in [3.05, 3.63) is 42.5 Å². The molecule has 1 aliphatic heterocycles. The second-order valence-electron chi connectivity index (χ2n) is 8.33. The van der Waals surface area contributed by atoms with E-state index < -0.39 is 0 Å². The van der Waals surface area contributed by atoms with Crippen molar-refractivity contribution >= 4 is 0 Å². The molecule has 0 radical (unpaired) electrons. The van der Waals surface area contributed by atoms with Gasteiger partial charge in [0.05, 0.1) is 6.61 Å². The fourth-order valence-corrected chi connectivity index (χ4v) is 3.67. The number of ether oxygens (including phenoxy) is 2. The molecule has 28 heavy (non-hydrogen) atoms. The molecule has 0 N–H and O–H groups in total. The van der Waals surface area contributed by atoms with Crippen LogP contribution in [0.25, 0.3) is 0 Å². The average Bonchev–Trinajstić information content (AvgIpc) is 3.55. The summed E-state index contributed by atoms with van der Waals surface area (Å²) in [5.74, 6) is 0.965. The fourth-order valence-electron chi connectivity index (χ4n) is 3.67. The Kier molecular flexibility index (Phi) is 12.8. The van der Waals surface area contributed by atoms with Crippen LogP contribution in [-0.2, 0) is 11.2 Å². The highest BCUT2D eigenvalue weighted by Gasteiger charge is 2.22. The van der Waals surface area contributed by atoms with Crippen molar-refractivity contribution in [3.63, 3.8) is 0 Å². The number of rotatable bonds is 19. The molecular weight excluding hydrogens is 344 g/mol. The van der Waals surface area contributed by atoms with E-state index in [1.54, 1.807) is 0 Å². The summed E-state index contributed by atoms with van der Waals surface area (Å²) in [7, 11) is 0. The van der Waals surface area contributed by atoms with Gasteiger partial charge in [-0.1, -0.05) is 88.8 Å². The summed E-state index contributed by atoms with van der Waals surface area (Å²) in [5.41, 5.74) is 1.43. The van der Waals surface area contributed by atoms with Crippen molar-refractivity contribution in [1.29, 1.82) is 0 Å². The van der Waals surface area contributed by atoms with E-state index in [0.717, 1.165) is 12.4 Å². The van der Waals surface area contributed by atoms with Crippen molar-refractivity contribution in [1.82, 2.24) is 0 Å². The minimum atomic E-state index is 0.331. The lowest BCUT2D eigenvalue weighted by Gasteiger charge is -2.06. The highest BCUT2D eigenvalue weighted by atomic mass is 16.6. The van der Waals surface area contributed by atoms with Gasteiger partial charge in [-0.15, -0.1) is 6.58 Å². The molecule has 1 aromatic rings. The minimum Gasteiger partial charge on any atom is -0.491 e. The Hall–Kier alpha value is -1.28. The molecule has 2 rings (SSSR count). The quantitative estimate of drug-likeness (QED) is 0.138. The third-order valence-corrected chi connectivity index (χ3v) is 5.64. The molecule has 0 bridgehead atoms. The number of benzene rings is 1. The van der Waals surface area contributed by atoms with Crippen LogP contribution in [-0.4, -0.2) is 19.3 Å². The lowest BCUT2D eigenvalue weighted by atomic mass is 10.0.